The Morgan fingerprint density at radius 1 is 1.18 bits per heavy atom. The van der Waals surface area contributed by atoms with Gasteiger partial charge >= 0.3 is 5.97 Å². The van der Waals surface area contributed by atoms with Crippen LogP contribution >= 0.6 is 34.7 Å². The highest BCUT2D eigenvalue weighted by molar-refractivity contribution is 7.99. The standard InChI is InChI=1S/C23H25ClN4O3S2/c1-3-28-20(14-9-11-15(24)12-10-14)26-27-23(28)32-13-18(29)25-21-19(22(30)31-4-2)16-7-5-6-8-17(16)33-21/h9-12H,3-8,13H2,1-2H3,(H,25,29). The zero-order valence-corrected chi connectivity index (χ0v) is 20.9. The van der Waals surface area contributed by atoms with Crippen molar-refractivity contribution in [3.63, 3.8) is 0 Å². The van der Waals surface area contributed by atoms with Gasteiger partial charge in [0.25, 0.3) is 0 Å². The molecule has 0 aliphatic heterocycles. The molecule has 0 bridgehead atoms. The number of hydrogen-bond acceptors (Lipinski definition) is 7. The molecule has 174 valence electrons. The van der Waals surface area contributed by atoms with Crippen molar-refractivity contribution >= 4 is 51.6 Å². The number of carbonyl (C=O) groups is 2. The lowest BCUT2D eigenvalue weighted by atomic mass is 9.95. The summed E-state index contributed by atoms with van der Waals surface area (Å²) >= 11 is 8.80. The minimum Gasteiger partial charge on any atom is -0.462 e. The van der Waals surface area contributed by atoms with Crippen LogP contribution in [0.15, 0.2) is 29.4 Å². The minimum atomic E-state index is -0.363. The van der Waals surface area contributed by atoms with Crippen LogP contribution in [0.3, 0.4) is 0 Å². The molecule has 2 heterocycles. The number of ether oxygens (including phenoxy) is 1. The maximum atomic E-state index is 12.8. The number of anilines is 1. The molecule has 10 heteroatoms. The second-order valence-electron chi connectivity index (χ2n) is 7.53. The highest BCUT2D eigenvalue weighted by Gasteiger charge is 2.27. The van der Waals surface area contributed by atoms with Crippen LogP contribution in [0.25, 0.3) is 11.4 Å². The zero-order chi connectivity index (χ0) is 23.4. The fourth-order valence-electron chi connectivity index (χ4n) is 3.86. The first-order valence-corrected chi connectivity index (χ1v) is 13.1. The predicted octanol–water partition coefficient (Wildman–Crippen LogP) is 5.47. The van der Waals surface area contributed by atoms with Gasteiger partial charge in [0.2, 0.25) is 5.91 Å². The number of nitrogens with zero attached hydrogens (tertiary/aromatic N) is 3. The molecule has 7 nitrogen and oxygen atoms in total. The van der Waals surface area contributed by atoms with Crippen molar-refractivity contribution < 1.29 is 14.3 Å². The smallest absolute Gasteiger partial charge is 0.341 e. The number of carbonyl (C=O) groups excluding carboxylic acids is 2. The Hall–Kier alpha value is -2.36. The van der Waals surface area contributed by atoms with Gasteiger partial charge in [-0.1, -0.05) is 23.4 Å². The Bertz CT molecular complexity index is 1160. The topological polar surface area (TPSA) is 86.1 Å². The summed E-state index contributed by atoms with van der Waals surface area (Å²) in [6, 6.07) is 7.42. The number of nitrogens with one attached hydrogen (secondary N) is 1. The minimum absolute atomic E-state index is 0.156. The lowest BCUT2D eigenvalue weighted by Crippen LogP contribution is -2.17. The van der Waals surface area contributed by atoms with E-state index in [0.29, 0.717) is 33.9 Å². The van der Waals surface area contributed by atoms with Gasteiger partial charge in [-0.2, -0.15) is 0 Å². The molecule has 1 aliphatic carbocycles. The Balaban J connectivity index is 1.48. The van der Waals surface area contributed by atoms with E-state index in [1.807, 2.05) is 35.8 Å². The Morgan fingerprint density at radius 2 is 1.94 bits per heavy atom. The van der Waals surface area contributed by atoms with Gasteiger partial charge in [0, 0.05) is 22.0 Å². The van der Waals surface area contributed by atoms with E-state index >= 15 is 0 Å². The van der Waals surface area contributed by atoms with Gasteiger partial charge < -0.3 is 14.6 Å². The van der Waals surface area contributed by atoms with Crippen LogP contribution in [-0.4, -0.2) is 39.0 Å². The molecule has 2 aromatic heterocycles. The van der Waals surface area contributed by atoms with Crippen molar-refractivity contribution in [2.24, 2.45) is 0 Å². The molecule has 0 radical (unpaired) electrons. The molecule has 3 aromatic rings. The number of fused-ring (bicyclic) bond motifs is 1. The van der Waals surface area contributed by atoms with Gasteiger partial charge in [-0.3, -0.25) is 4.79 Å². The summed E-state index contributed by atoms with van der Waals surface area (Å²) in [5.74, 6) is 0.331. The largest absolute Gasteiger partial charge is 0.462 e. The molecule has 0 spiro atoms. The predicted molar refractivity (Wildman–Crippen MR) is 132 cm³/mol. The zero-order valence-electron chi connectivity index (χ0n) is 18.5. The summed E-state index contributed by atoms with van der Waals surface area (Å²) in [6.45, 7) is 4.76. The first kappa shape index (κ1) is 23.8. The molecular weight excluding hydrogens is 480 g/mol. The Morgan fingerprint density at radius 3 is 2.67 bits per heavy atom. The van der Waals surface area contributed by atoms with Crippen molar-refractivity contribution in [2.75, 3.05) is 17.7 Å². The lowest BCUT2D eigenvalue weighted by Gasteiger charge is -2.12. The van der Waals surface area contributed by atoms with E-state index in [2.05, 4.69) is 15.5 Å². The second kappa shape index (κ2) is 10.7. The molecule has 0 saturated carbocycles. The molecule has 0 saturated heterocycles. The number of halogens is 1. The number of hydrogen-bond donors (Lipinski definition) is 1. The number of amides is 1. The van der Waals surface area contributed by atoms with E-state index in [4.69, 9.17) is 16.3 Å². The summed E-state index contributed by atoms with van der Waals surface area (Å²) < 4.78 is 7.24. The van der Waals surface area contributed by atoms with Gasteiger partial charge in [-0.05, 0) is 69.4 Å². The van der Waals surface area contributed by atoms with Gasteiger partial charge in [0.05, 0.1) is 17.9 Å². The van der Waals surface area contributed by atoms with Crippen LogP contribution in [-0.2, 0) is 28.9 Å². The van der Waals surface area contributed by atoms with E-state index < -0.39 is 0 Å². The van der Waals surface area contributed by atoms with Crippen molar-refractivity contribution in [3.8, 4) is 11.4 Å². The number of thiophene rings is 1. The number of benzene rings is 1. The van der Waals surface area contributed by atoms with Gasteiger partial charge in [0.15, 0.2) is 11.0 Å². The average molecular weight is 505 g/mol. The number of aromatic nitrogens is 3. The highest BCUT2D eigenvalue weighted by Crippen LogP contribution is 2.38. The number of esters is 1. The van der Waals surface area contributed by atoms with E-state index in [9.17, 15) is 9.59 Å². The average Bonchev–Trinajstić information content (AvgIpc) is 3.39. The third-order valence-corrected chi connectivity index (χ3v) is 7.80. The number of thioether (sulfide) groups is 1. The van der Waals surface area contributed by atoms with Crippen LogP contribution in [0.4, 0.5) is 5.00 Å². The second-order valence-corrected chi connectivity index (χ2v) is 10.0. The first-order valence-electron chi connectivity index (χ1n) is 10.9. The van der Waals surface area contributed by atoms with Crippen molar-refractivity contribution in [3.05, 3.63) is 45.3 Å². The third-order valence-electron chi connectivity index (χ3n) is 5.37. The van der Waals surface area contributed by atoms with Crippen LogP contribution in [0.5, 0.6) is 0 Å². The van der Waals surface area contributed by atoms with Crippen LogP contribution < -0.4 is 5.32 Å². The summed E-state index contributed by atoms with van der Waals surface area (Å²) in [5.41, 5.74) is 2.47. The van der Waals surface area contributed by atoms with Crippen LogP contribution in [0.2, 0.25) is 5.02 Å². The van der Waals surface area contributed by atoms with Gasteiger partial charge in [-0.25, -0.2) is 4.79 Å². The van der Waals surface area contributed by atoms with Crippen molar-refractivity contribution in [1.29, 1.82) is 0 Å². The summed E-state index contributed by atoms with van der Waals surface area (Å²) in [4.78, 5) is 26.6. The summed E-state index contributed by atoms with van der Waals surface area (Å²) in [5, 5.41) is 13.4. The fraction of sp³-hybridized carbons (Fsp3) is 0.391. The Kier molecular flexibility index (Phi) is 7.72. The summed E-state index contributed by atoms with van der Waals surface area (Å²) in [7, 11) is 0. The fourth-order valence-corrected chi connectivity index (χ4v) is 6.08. The SMILES string of the molecule is CCOC(=O)c1c(NC(=O)CSc2nnc(-c3ccc(Cl)cc3)n2CC)sc2c1CCCC2. The lowest BCUT2D eigenvalue weighted by molar-refractivity contribution is -0.113. The monoisotopic (exact) mass is 504 g/mol. The maximum absolute atomic E-state index is 12.8. The molecule has 0 fully saturated rings. The van der Waals surface area contributed by atoms with Gasteiger partial charge in [-0.15, -0.1) is 21.5 Å². The third kappa shape index (κ3) is 5.26. The van der Waals surface area contributed by atoms with Crippen LogP contribution in [0.1, 0.15) is 47.5 Å². The highest BCUT2D eigenvalue weighted by atomic mass is 35.5. The Labute approximate surface area is 205 Å². The first-order chi connectivity index (χ1) is 16.0. The molecule has 1 aliphatic rings. The molecule has 0 atom stereocenters. The summed E-state index contributed by atoms with van der Waals surface area (Å²) in [6.07, 6.45) is 3.92. The quantitative estimate of drug-likeness (QED) is 0.323. The van der Waals surface area contributed by atoms with Crippen molar-refractivity contribution in [2.45, 2.75) is 51.2 Å². The molecule has 1 amide bonds. The van der Waals surface area contributed by atoms with Crippen LogP contribution in [0, 0.1) is 0 Å². The number of aryl methyl sites for hydroxylation is 1. The molecule has 1 N–H and O–H groups in total. The molecule has 4 rings (SSSR count). The van der Waals surface area contributed by atoms with Crippen molar-refractivity contribution in [1.82, 2.24) is 14.8 Å². The maximum Gasteiger partial charge on any atom is 0.341 e. The molecule has 0 unspecified atom stereocenters. The number of rotatable bonds is 8. The van der Waals surface area contributed by atoms with E-state index in [-0.39, 0.29) is 17.6 Å². The van der Waals surface area contributed by atoms with E-state index in [1.165, 1.54) is 28.0 Å². The normalized spacial score (nSPS) is 12.9. The van der Waals surface area contributed by atoms with Gasteiger partial charge in [0.1, 0.15) is 5.00 Å². The molecular formula is C23H25ClN4O3S2. The van der Waals surface area contributed by atoms with E-state index in [0.717, 1.165) is 42.6 Å². The van der Waals surface area contributed by atoms with E-state index in [1.54, 1.807) is 6.92 Å². The molecule has 33 heavy (non-hydrogen) atoms. The molecule has 1 aromatic carbocycles.